The van der Waals surface area contributed by atoms with Crippen LogP contribution in [0.2, 0.25) is 0 Å². The van der Waals surface area contributed by atoms with Gasteiger partial charge in [-0.05, 0) is 37.6 Å². The van der Waals surface area contributed by atoms with Crippen LogP contribution in [0.3, 0.4) is 0 Å². The van der Waals surface area contributed by atoms with Crippen LogP contribution in [-0.2, 0) is 0 Å². The molecule has 0 aliphatic heterocycles. The van der Waals surface area contributed by atoms with Crippen LogP contribution in [0.5, 0.6) is 0 Å². The lowest BCUT2D eigenvalue weighted by atomic mass is 10.1. The number of nitrogen functional groups attached to an aromatic ring is 1. The Balaban J connectivity index is 2.86. The smallest absolute Gasteiger partial charge is 0.253 e. The van der Waals surface area contributed by atoms with Crippen molar-refractivity contribution in [3.8, 4) is 6.07 Å². The molecule has 0 aliphatic rings. The molecular weight excluding hydrogens is 214 g/mol. The van der Waals surface area contributed by atoms with Crippen LogP contribution in [0.4, 0.5) is 5.69 Å². The molecular formula is C13H17N3O. The van der Waals surface area contributed by atoms with Crippen molar-refractivity contribution >= 4 is 11.6 Å². The molecule has 0 saturated heterocycles. The summed E-state index contributed by atoms with van der Waals surface area (Å²) in [5.74, 6) is -0.248. The van der Waals surface area contributed by atoms with Gasteiger partial charge in [-0.15, -0.1) is 0 Å². The fraction of sp³-hybridized carbons (Fsp3) is 0.385. The zero-order valence-corrected chi connectivity index (χ0v) is 10.4. The fourth-order valence-corrected chi connectivity index (χ4v) is 1.67. The molecule has 1 aromatic carbocycles. The number of carbonyl (C=O) groups excluding carboxylic acids is 1. The predicted molar refractivity (Wildman–Crippen MR) is 67.3 cm³/mol. The van der Waals surface area contributed by atoms with Gasteiger partial charge in [0.1, 0.15) is 0 Å². The molecule has 90 valence electrons. The van der Waals surface area contributed by atoms with E-state index in [-0.39, 0.29) is 11.8 Å². The second kappa shape index (κ2) is 5.35. The minimum atomic E-state index is -0.168. The predicted octanol–water partition coefficient (Wildman–Crippen LogP) is 1.81. The topological polar surface area (TPSA) is 70.1 Å². The molecule has 0 spiro atoms. The van der Waals surface area contributed by atoms with Crippen LogP contribution in [-0.4, -0.2) is 24.4 Å². The minimum Gasteiger partial charge on any atom is -0.399 e. The summed E-state index contributed by atoms with van der Waals surface area (Å²) in [5.41, 5.74) is 7.77. The number of aryl methyl sites for hydroxylation is 1. The lowest BCUT2D eigenvalue weighted by molar-refractivity contribution is 0.0784. The Bertz CT molecular complexity index is 462. The van der Waals surface area contributed by atoms with E-state index >= 15 is 0 Å². The standard InChI is InChI=1S/C13H17N3O/c1-9(7-14)8-16(3)13(17)12-5-4-11(15)6-10(12)2/h4-6,9H,8,15H2,1-3H3. The van der Waals surface area contributed by atoms with E-state index in [4.69, 9.17) is 11.0 Å². The Labute approximate surface area is 102 Å². The normalized spacial score (nSPS) is 11.6. The molecule has 0 fully saturated rings. The molecule has 1 amide bonds. The van der Waals surface area contributed by atoms with Crippen molar-refractivity contribution in [2.24, 2.45) is 5.92 Å². The second-order valence-electron chi connectivity index (χ2n) is 4.29. The van der Waals surface area contributed by atoms with E-state index in [9.17, 15) is 4.79 Å². The van der Waals surface area contributed by atoms with Gasteiger partial charge in [0.05, 0.1) is 12.0 Å². The summed E-state index contributed by atoms with van der Waals surface area (Å²) in [5, 5.41) is 8.72. The number of benzene rings is 1. The first-order chi connectivity index (χ1) is 7.95. The number of anilines is 1. The zero-order valence-electron chi connectivity index (χ0n) is 10.4. The number of hydrogen-bond acceptors (Lipinski definition) is 3. The number of nitriles is 1. The highest BCUT2D eigenvalue weighted by Gasteiger charge is 2.15. The Kier molecular flexibility index (Phi) is 4.11. The molecule has 0 bridgehead atoms. The van der Waals surface area contributed by atoms with Gasteiger partial charge in [0, 0.05) is 24.8 Å². The summed E-state index contributed by atoms with van der Waals surface area (Å²) in [4.78, 5) is 13.7. The van der Waals surface area contributed by atoms with Gasteiger partial charge in [-0.25, -0.2) is 0 Å². The third kappa shape index (κ3) is 3.22. The average molecular weight is 231 g/mol. The monoisotopic (exact) mass is 231 g/mol. The summed E-state index contributed by atoms with van der Waals surface area (Å²) in [6.45, 7) is 4.07. The van der Waals surface area contributed by atoms with Gasteiger partial charge in [-0.2, -0.15) is 5.26 Å². The van der Waals surface area contributed by atoms with Gasteiger partial charge in [-0.3, -0.25) is 4.79 Å². The van der Waals surface area contributed by atoms with Crippen LogP contribution in [0.1, 0.15) is 22.8 Å². The van der Waals surface area contributed by atoms with E-state index in [0.717, 1.165) is 5.56 Å². The largest absolute Gasteiger partial charge is 0.399 e. The van der Waals surface area contributed by atoms with E-state index in [2.05, 4.69) is 6.07 Å². The first-order valence-electron chi connectivity index (χ1n) is 5.47. The van der Waals surface area contributed by atoms with Gasteiger partial charge < -0.3 is 10.6 Å². The fourth-order valence-electron chi connectivity index (χ4n) is 1.67. The molecule has 1 atom stereocenters. The number of nitrogens with two attached hydrogens (primary N) is 1. The molecule has 0 saturated carbocycles. The van der Waals surface area contributed by atoms with Gasteiger partial charge >= 0.3 is 0 Å². The first-order valence-corrected chi connectivity index (χ1v) is 5.47. The number of amides is 1. The van der Waals surface area contributed by atoms with E-state index in [1.54, 1.807) is 37.1 Å². The highest BCUT2D eigenvalue weighted by atomic mass is 16.2. The Morgan fingerprint density at radius 3 is 2.76 bits per heavy atom. The Morgan fingerprint density at radius 2 is 2.24 bits per heavy atom. The Hall–Kier alpha value is -2.02. The van der Waals surface area contributed by atoms with Gasteiger partial charge in [0.25, 0.3) is 5.91 Å². The van der Waals surface area contributed by atoms with Crippen LogP contribution < -0.4 is 5.73 Å². The molecule has 0 heterocycles. The van der Waals surface area contributed by atoms with Crippen molar-refractivity contribution in [1.29, 1.82) is 5.26 Å². The van der Waals surface area contributed by atoms with E-state index in [1.807, 2.05) is 6.92 Å². The molecule has 4 nitrogen and oxygen atoms in total. The number of rotatable bonds is 3. The lowest BCUT2D eigenvalue weighted by Gasteiger charge is -2.19. The van der Waals surface area contributed by atoms with Crippen LogP contribution >= 0.6 is 0 Å². The summed E-state index contributed by atoms with van der Waals surface area (Å²) in [6, 6.07) is 7.32. The highest BCUT2D eigenvalue weighted by molar-refractivity contribution is 5.95. The second-order valence-corrected chi connectivity index (χ2v) is 4.29. The molecule has 1 unspecified atom stereocenters. The maximum atomic E-state index is 12.1. The molecule has 1 rings (SSSR count). The molecule has 4 heteroatoms. The van der Waals surface area contributed by atoms with Crippen LogP contribution in [0.15, 0.2) is 18.2 Å². The van der Waals surface area contributed by atoms with E-state index in [0.29, 0.717) is 17.8 Å². The zero-order chi connectivity index (χ0) is 13.0. The van der Waals surface area contributed by atoms with Crippen molar-refractivity contribution in [3.05, 3.63) is 29.3 Å². The van der Waals surface area contributed by atoms with E-state index < -0.39 is 0 Å². The molecule has 0 aliphatic carbocycles. The summed E-state index contributed by atoms with van der Waals surface area (Å²) >= 11 is 0. The van der Waals surface area contributed by atoms with Crippen molar-refractivity contribution in [2.45, 2.75) is 13.8 Å². The highest BCUT2D eigenvalue weighted by Crippen LogP contribution is 2.14. The summed E-state index contributed by atoms with van der Waals surface area (Å²) < 4.78 is 0. The lowest BCUT2D eigenvalue weighted by Crippen LogP contribution is -2.31. The quantitative estimate of drug-likeness (QED) is 0.806. The average Bonchev–Trinajstić information content (AvgIpc) is 2.28. The summed E-state index contributed by atoms with van der Waals surface area (Å²) in [6.07, 6.45) is 0. The Morgan fingerprint density at radius 1 is 1.59 bits per heavy atom. The molecule has 0 radical (unpaired) electrons. The van der Waals surface area contributed by atoms with Crippen molar-refractivity contribution in [2.75, 3.05) is 19.3 Å². The van der Waals surface area contributed by atoms with Gasteiger partial charge in [0.2, 0.25) is 0 Å². The van der Waals surface area contributed by atoms with Gasteiger partial charge in [0.15, 0.2) is 0 Å². The SMILES string of the molecule is Cc1cc(N)ccc1C(=O)N(C)CC(C)C#N. The first kappa shape index (κ1) is 13.0. The molecule has 17 heavy (non-hydrogen) atoms. The molecule has 1 aromatic rings. The van der Waals surface area contributed by atoms with Crippen LogP contribution in [0, 0.1) is 24.2 Å². The van der Waals surface area contributed by atoms with Crippen molar-refractivity contribution < 1.29 is 4.79 Å². The van der Waals surface area contributed by atoms with E-state index in [1.165, 1.54) is 0 Å². The number of nitrogens with zero attached hydrogens (tertiary/aromatic N) is 2. The van der Waals surface area contributed by atoms with Crippen LogP contribution in [0.25, 0.3) is 0 Å². The third-order valence-electron chi connectivity index (χ3n) is 2.60. The van der Waals surface area contributed by atoms with Gasteiger partial charge in [-0.1, -0.05) is 0 Å². The molecule has 0 aromatic heterocycles. The number of carbonyl (C=O) groups is 1. The maximum absolute atomic E-state index is 12.1. The maximum Gasteiger partial charge on any atom is 0.253 e. The third-order valence-corrected chi connectivity index (χ3v) is 2.60. The number of hydrogen-bond donors (Lipinski definition) is 1. The van der Waals surface area contributed by atoms with Crippen molar-refractivity contribution in [1.82, 2.24) is 4.90 Å². The summed E-state index contributed by atoms with van der Waals surface area (Å²) in [7, 11) is 1.70. The molecule has 2 N–H and O–H groups in total. The minimum absolute atomic E-state index is 0.0791. The van der Waals surface area contributed by atoms with Crippen molar-refractivity contribution in [3.63, 3.8) is 0 Å².